The molecule has 0 bridgehead atoms. The Labute approximate surface area is 187 Å². The zero-order valence-electron chi connectivity index (χ0n) is 17.1. The Bertz CT molecular complexity index is 1320. The van der Waals surface area contributed by atoms with E-state index in [2.05, 4.69) is 22.3 Å². The van der Waals surface area contributed by atoms with Crippen LogP contribution in [0.4, 0.5) is 20.2 Å². The maximum Gasteiger partial charge on any atom is 0.268 e. The number of amides is 1. The highest BCUT2D eigenvalue weighted by Gasteiger charge is 2.23. The number of thiophene rings is 1. The van der Waals surface area contributed by atoms with Gasteiger partial charge in [-0.1, -0.05) is 30.3 Å². The molecule has 0 aliphatic carbocycles. The van der Waals surface area contributed by atoms with Gasteiger partial charge in [0.15, 0.2) is 0 Å². The quantitative estimate of drug-likeness (QED) is 0.461. The van der Waals surface area contributed by atoms with Crippen LogP contribution in [0.15, 0.2) is 54.6 Å². The van der Waals surface area contributed by atoms with Gasteiger partial charge < -0.3 is 11.1 Å². The zero-order chi connectivity index (χ0) is 22.2. The molecule has 1 aliphatic rings. The Morgan fingerprint density at radius 3 is 2.78 bits per heavy atom. The van der Waals surface area contributed by atoms with Crippen LogP contribution in [0.2, 0.25) is 0 Å². The van der Waals surface area contributed by atoms with Gasteiger partial charge in [0.2, 0.25) is 0 Å². The molecule has 2 aromatic heterocycles. The second-order valence-corrected chi connectivity index (χ2v) is 8.82. The Morgan fingerprint density at radius 2 is 1.97 bits per heavy atom. The number of rotatable bonds is 4. The fourth-order valence-electron chi connectivity index (χ4n) is 3.97. The lowest BCUT2D eigenvalue weighted by atomic mass is 10.0. The van der Waals surface area contributed by atoms with Crippen molar-refractivity contribution in [3.05, 3.63) is 87.9 Å². The van der Waals surface area contributed by atoms with Crippen molar-refractivity contribution < 1.29 is 13.6 Å². The van der Waals surface area contributed by atoms with E-state index in [-0.39, 0.29) is 10.6 Å². The molecule has 0 spiro atoms. The summed E-state index contributed by atoms with van der Waals surface area (Å²) in [7, 11) is 0. The van der Waals surface area contributed by atoms with Crippen LogP contribution in [-0.4, -0.2) is 22.3 Å². The molecule has 1 aliphatic heterocycles. The lowest BCUT2D eigenvalue weighted by Crippen LogP contribution is -2.30. The Kier molecular flexibility index (Phi) is 5.32. The number of aromatic nitrogens is 1. The van der Waals surface area contributed by atoms with Gasteiger partial charge in [-0.05, 0) is 29.3 Å². The molecule has 0 saturated heterocycles. The van der Waals surface area contributed by atoms with Gasteiger partial charge in [0, 0.05) is 43.2 Å². The van der Waals surface area contributed by atoms with Gasteiger partial charge in [-0.3, -0.25) is 9.69 Å². The summed E-state index contributed by atoms with van der Waals surface area (Å²) < 4.78 is 27.4. The average Bonchev–Trinajstić information content (AvgIpc) is 3.11. The number of pyridine rings is 1. The third-order valence-corrected chi connectivity index (χ3v) is 6.69. The van der Waals surface area contributed by atoms with E-state index in [1.54, 1.807) is 0 Å². The highest BCUT2D eigenvalue weighted by molar-refractivity contribution is 7.21. The largest absolute Gasteiger partial charge is 0.397 e. The number of anilines is 2. The molecule has 5 nitrogen and oxygen atoms in total. The molecule has 8 heteroatoms. The van der Waals surface area contributed by atoms with E-state index < -0.39 is 17.5 Å². The van der Waals surface area contributed by atoms with E-state index in [0.717, 1.165) is 66.8 Å². The highest BCUT2D eigenvalue weighted by atomic mass is 32.1. The standard InChI is InChI=1S/C24H20F2N4OS/c25-16-6-7-18(26)20(11-16)28-23(31)22-21(27)17-10-15-13-30(12-14-4-2-1-3-5-14)9-8-19(15)29-24(17)32-22/h1-7,10-11H,8-9,12-13,27H2,(H,28,31). The number of fused-ring (bicyclic) bond motifs is 2. The van der Waals surface area contributed by atoms with Crippen LogP contribution < -0.4 is 11.1 Å². The molecular weight excluding hydrogens is 430 g/mol. The molecule has 32 heavy (non-hydrogen) atoms. The second kappa shape index (κ2) is 8.29. The van der Waals surface area contributed by atoms with Gasteiger partial charge in [-0.25, -0.2) is 13.8 Å². The fourth-order valence-corrected chi connectivity index (χ4v) is 4.97. The van der Waals surface area contributed by atoms with Crippen LogP contribution in [0.3, 0.4) is 0 Å². The van der Waals surface area contributed by atoms with Crippen LogP contribution in [0.1, 0.15) is 26.5 Å². The number of carbonyl (C=O) groups excluding carboxylic acids is 1. The molecule has 2 aromatic carbocycles. The molecule has 0 atom stereocenters. The smallest absolute Gasteiger partial charge is 0.268 e. The topological polar surface area (TPSA) is 71.2 Å². The lowest BCUT2D eigenvalue weighted by molar-refractivity contribution is 0.103. The molecule has 4 aromatic rings. The molecule has 3 N–H and O–H groups in total. The van der Waals surface area contributed by atoms with Gasteiger partial charge in [-0.15, -0.1) is 11.3 Å². The maximum absolute atomic E-state index is 13.9. The molecule has 0 fully saturated rings. The normalized spacial score (nSPS) is 13.8. The van der Waals surface area contributed by atoms with Gasteiger partial charge >= 0.3 is 0 Å². The summed E-state index contributed by atoms with van der Waals surface area (Å²) in [4.78, 5) is 20.8. The summed E-state index contributed by atoms with van der Waals surface area (Å²) in [6.45, 7) is 2.50. The molecule has 3 heterocycles. The zero-order valence-corrected chi connectivity index (χ0v) is 17.9. The van der Waals surface area contributed by atoms with Crippen molar-refractivity contribution in [3.8, 4) is 0 Å². The summed E-state index contributed by atoms with van der Waals surface area (Å²) in [6.07, 6.45) is 0.811. The number of carbonyl (C=O) groups is 1. The number of nitrogens with two attached hydrogens (primary N) is 1. The maximum atomic E-state index is 13.9. The van der Waals surface area contributed by atoms with E-state index in [9.17, 15) is 13.6 Å². The first-order chi connectivity index (χ1) is 15.5. The first-order valence-electron chi connectivity index (χ1n) is 10.2. The number of hydrogen-bond acceptors (Lipinski definition) is 5. The number of benzene rings is 2. The van der Waals surface area contributed by atoms with Crippen LogP contribution in [0.25, 0.3) is 10.2 Å². The molecular formula is C24H20F2N4OS. The summed E-state index contributed by atoms with van der Waals surface area (Å²) in [5.41, 5.74) is 9.70. The van der Waals surface area contributed by atoms with E-state index in [1.807, 2.05) is 24.3 Å². The Balaban J connectivity index is 1.41. The van der Waals surface area contributed by atoms with Crippen molar-refractivity contribution >= 4 is 38.8 Å². The SMILES string of the molecule is Nc1c(C(=O)Nc2cc(F)ccc2F)sc2nc3c(cc12)CN(Cc1ccccc1)CC3. The van der Waals surface area contributed by atoms with Gasteiger partial charge in [0.25, 0.3) is 5.91 Å². The third kappa shape index (κ3) is 3.94. The fraction of sp³-hybridized carbons (Fsp3) is 0.167. The third-order valence-electron chi connectivity index (χ3n) is 5.58. The van der Waals surface area contributed by atoms with Crippen LogP contribution in [-0.2, 0) is 19.5 Å². The van der Waals surface area contributed by atoms with Gasteiger partial charge in [0.1, 0.15) is 21.3 Å². The van der Waals surface area contributed by atoms with Crippen molar-refractivity contribution in [3.63, 3.8) is 0 Å². The summed E-state index contributed by atoms with van der Waals surface area (Å²) >= 11 is 1.16. The number of nitrogen functional groups attached to an aromatic ring is 1. The van der Waals surface area contributed by atoms with E-state index in [1.165, 1.54) is 5.56 Å². The molecule has 1 amide bonds. The Morgan fingerprint density at radius 1 is 1.16 bits per heavy atom. The summed E-state index contributed by atoms with van der Waals surface area (Å²) in [6, 6.07) is 15.2. The second-order valence-electron chi connectivity index (χ2n) is 7.82. The minimum absolute atomic E-state index is 0.226. The molecule has 0 saturated carbocycles. The molecule has 162 valence electrons. The van der Waals surface area contributed by atoms with E-state index in [4.69, 9.17) is 10.7 Å². The van der Waals surface area contributed by atoms with Crippen molar-refractivity contribution in [2.24, 2.45) is 0 Å². The summed E-state index contributed by atoms with van der Waals surface area (Å²) in [5, 5.41) is 3.12. The lowest BCUT2D eigenvalue weighted by Gasteiger charge is -2.28. The van der Waals surface area contributed by atoms with E-state index >= 15 is 0 Å². The number of halogens is 2. The first-order valence-corrected chi connectivity index (χ1v) is 11.0. The van der Waals surface area contributed by atoms with E-state index in [0.29, 0.717) is 15.9 Å². The first kappa shape index (κ1) is 20.5. The number of nitrogens with zero attached hydrogens (tertiary/aromatic N) is 2. The Hall–Kier alpha value is -3.36. The minimum Gasteiger partial charge on any atom is -0.397 e. The minimum atomic E-state index is -0.716. The van der Waals surface area contributed by atoms with Crippen molar-refractivity contribution in [1.29, 1.82) is 0 Å². The number of hydrogen-bond donors (Lipinski definition) is 2. The molecule has 0 unspecified atom stereocenters. The predicted octanol–water partition coefficient (Wildman–Crippen LogP) is 4.97. The van der Waals surface area contributed by atoms with Gasteiger partial charge in [-0.2, -0.15) is 0 Å². The molecule has 5 rings (SSSR count). The van der Waals surface area contributed by atoms with Crippen LogP contribution in [0.5, 0.6) is 0 Å². The predicted molar refractivity (Wildman–Crippen MR) is 123 cm³/mol. The van der Waals surface area contributed by atoms with Crippen molar-refractivity contribution in [1.82, 2.24) is 9.88 Å². The monoisotopic (exact) mass is 450 g/mol. The van der Waals surface area contributed by atoms with Crippen LogP contribution in [0, 0.1) is 11.6 Å². The number of nitrogens with one attached hydrogen (secondary N) is 1. The van der Waals surface area contributed by atoms with Gasteiger partial charge in [0.05, 0.1) is 11.4 Å². The highest BCUT2D eigenvalue weighted by Crippen LogP contribution is 2.35. The average molecular weight is 451 g/mol. The van der Waals surface area contributed by atoms with Crippen molar-refractivity contribution in [2.75, 3.05) is 17.6 Å². The van der Waals surface area contributed by atoms with Crippen LogP contribution >= 0.6 is 11.3 Å². The summed E-state index contributed by atoms with van der Waals surface area (Å²) in [5.74, 6) is -1.94. The molecule has 0 radical (unpaired) electrons. The van der Waals surface area contributed by atoms with Crippen molar-refractivity contribution in [2.45, 2.75) is 19.5 Å².